The molecule has 1 aliphatic carbocycles. The fourth-order valence-corrected chi connectivity index (χ4v) is 5.62. The van der Waals surface area contributed by atoms with Crippen LogP contribution in [0.3, 0.4) is 0 Å². The van der Waals surface area contributed by atoms with Crippen molar-refractivity contribution in [1.29, 1.82) is 0 Å². The summed E-state index contributed by atoms with van der Waals surface area (Å²) in [4.78, 5) is 16.2. The zero-order valence-electron chi connectivity index (χ0n) is 22.7. The molecule has 0 aliphatic heterocycles. The third-order valence-electron chi connectivity index (χ3n) is 6.53. The first-order valence-electron chi connectivity index (χ1n) is 12.8. The normalized spacial score (nSPS) is 16.9. The lowest BCUT2D eigenvalue weighted by molar-refractivity contribution is -0.0397. The van der Waals surface area contributed by atoms with E-state index in [-0.39, 0.29) is 11.5 Å². The summed E-state index contributed by atoms with van der Waals surface area (Å²) in [5, 5.41) is 4.99. The summed E-state index contributed by atoms with van der Waals surface area (Å²) in [5.74, 6) is 0.466. The van der Waals surface area contributed by atoms with Crippen molar-refractivity contribution in [3.63, 3.8) is 0 Å². The molecule has 1 atom stereocenters. The van der Waals surface area contributed by atoms with Gasteiger partial charge >= 0.3 is 6.09 Å². The summed E-state index contributed by atoms with van der Waals surface area (Å²) in [5.41, 5.74) is 2.18. The molecule has 1 fully saturated rings. The molecule has 1 heterocycles. The number of carbonyl (C=O) groups excluding carboxylic acids is 1. The lowest BCUT2D eigenvalue weighted by Crippen LogP contribution is -2.38. The lowest BCUT2D eigenvalue weighted by atomic mass is 9.70. The SMILES string of the molecule is CCOCC1(COCC)CCC(c2nn(PI)cc2CN(C)CCN(C)C(=O)OC(C)(C)C)CC1. The van der Waals surface area contributed by atoms with Crippen LogP contribution in [-0.4, -0.2) is 84.7 Å². The van der Waals surface area contributed by atoms with E-state index in [0.717, 1.165) is 65.2 Å². The Balaban J connectivity index is 2.00. The molecule has 202 valence electrons. The van der Waals surface area contributed by atoms with Crippen LogP contribution in [0.1, 0.15) is 77.5 Å². The Morgan fingerprint density at radius 3 is 2.29 bits per heavy atom. The van der Waals surface area contributed by atoms with Crippen molar-refractivity contribution in [2.24, 2.45) is 5.41 Å². The van der Waals surface area contributed by atoms with Gasteiger partial charge < -0.3 is 24.0 Å². The van der Waals surface area contributed by atoms with Gasteiger partial charge in [-0.05, 0) is 89.4 Å². The number of nitrogens with zero attached hydrogens (tertiary/aromatic N) is 4. The highest BCUT2D eigenvalue weighted by Gasteiger charge is 2.37. The maximum Gasteiger partial charge on any atom is 0.410 e. The minimum Gasteiger partial charge on any atom is -0.444 e. The molecular formula is C25H46IN4O4P. The monoisotopic (exact) mass is 624 g/mol. The van der Waals surface area contributed by atoms with Crippen LogP contribution in [-0.2, 0) is 20.8 Å². The molecule has 0 bridgehead atoms. The second-order valence-electron chi connectivity index (χ2n) is 10.8. The van der Waals surface area contributed by atoms with E-state index in [4.69, 9.17) is 19.3 Å². The lowest BCUT2D eigenvalue weighted by Gasteiger charge is -2.39. The van der Waals surface area contributed by atoms with Gasteiger partial charge in [-0.1, -0.05) is 0 Å². The summed E-state index contributed by atoms with van der Waals surface area (Å²) in [6.45, 7) is 15.0. The Labute approximate surface area is 227 Å². The molecule has 1 aromatic rings. The second kappa shape index (κ2) is 14.5. The number of halogens is 1. The van der Waals surface area contributed by atoms with Gasteiger partial charge in [0.25, 0.3) is 0 Å². The highest BCUT2D eigenvalue weighted by Crippen LogP contribution is 2.44. The van der Waals surface area contributed by atoms with Crippen molar-refractivity contribution in [3.8, 4) is 0 Å². The Morgan fingerprint density at radius 2 is 1.77 bits per heavy atom. The van der Waals surface area contributed by atoms with Crippen LogP contribution in [0.25, 0.3) is 0 Å². The van der Waals surface area contributed by atoms with E-state index in [0.29, 0.717) is 18.8 Å². The molecule has 1 aromatic heterocycles. The Hall–Kier alpha value is -0.480. The Morgan fingerprint density at radius 1 is 1.17 bits per heavy atom. The van der Waals surface area contributed by atoms with Gasteiger partial charge in [0, 0.05) is 63.0 Å². The number of carbonyl (C=O) groups is 1. The molecule has 10 heteroatoms. The van der Waals surface area contributed by atoms with Crippen LogP contribution >= 0.6 is 28.4 Å². The number of hydrogen-bond acceptors (Lipinski definition) is 6. The predicted molar refractivity (Wildman–Crippen MR) is 152 cm³/mol. The summed E-state index contributed by atoms with van der Waals surface area (Å²) >= 11 is 2.39. The zero-order valence-corrected chi connectivity index (χ0v) is 25.9. The van der Waals surface area contributed by atoms with E-state index in [2.05, 4.69) is 58.5 Å². The number of ether oxygens (including phenoxy) is 3. The molecule has 0 saturated heterocycles. The number of rotatable bonds is 13. The Kier molecular flexibility index (Phi) is 12.7. The number of aromatic nitrogens is 2. The van der Waals surface area contributed by atoms with Gasteiger partial charge in [-0.3, -0.25) is 0 Å². The predicted octanol–water partition coefficient (Wildman–Crippen LogP) is 5.69. The van der Waals surface area contributed by atoms with Gasteiger partial charge in [-0.2, -0.15) is 5.10 Å². The molecule has 2 rings (SSSR count). The summed E-state index contributed by atoms with van der Waals surface area (Å²) < 4.78 is 19.3. The molecule has 0 radical (unpaired) electrons. The molecule has 1 unspecified atom stereocenters. The third kappa shape index (κ3) is 10.1. The fraction of sp³-hybridized carbons (Fsp3) is 0.840. The van der Waals surface area contributed by atoms with E-state index in [1.807, 2.05) is 20.8 Å². The molecule has 0 aromatic carbocycles. The quantitative estimate of drug-likeness (QED) is 0.208. The number of amides is 1. The van der Waals surface area contributed by atoms with Crippen molar-refractivity contribution in [2.45, 2.75) is 78.4 Å². The van der Waals surface area contributed by atoms with Gasteiger partial charge in [-0.25, -0.2) is 9.25 Å². The summed E-state index contributed by atoms with van der Waals surface area (Å²) in [6, 6.07) is 0. The van der Waals surface area contributed by atoms with Gasteiger partial charge in [0.2, 0.25) is 0 Å². The topological polar surface area (TPSA) is 69.1 Å². The summed E-state index contributed by atoms with van der Waals surface area (Å²) in [6.07, 6.45) is 6.93. The van der Waals surface area contributed by atoms with Crippen molar-refractivity contribution < 1.29 is 19.0 Å². The molecule has 8 nitrogen and oxygen atoms in total. The van der Waals surface area contributed by atoms with E-state index in [1.54, 1.807) is 11.9 Å². The van der Waals surface area contributed by atoms with Crippen molar-refractivity contribution in [3.05, 3.63) is 17.5 Å². The van der Waals surface area contributed by atoms with Gasteiger partial charge in [-0.15, -0.1) is 0 Å². The zero-order chi connectivity index (χ0) is 26.1. The van der Waals surface area contributed by atoms with E-state index in [1.165, 1.54) is 11.3 Å². The first-order valence-corrected chi connectivity index (χ1v) is 16.8. The molecular weight excluding hydrogens is 578 g/mol. The van der Waals surface area contributed by atoms with E-state index >= 15 is 0 Å². The van der Waals surface area contributed by atoms with Crippen LogP contribution in [0.4, 0.5) is 4.79 Å². The van der Waals surface area contributed by atoms with E-state index in [9.17, 15) is 4.79 Å². The highest BCUT2D eigenvalue weighted by atomic mass is 127. The largest absolute Gasteiger partial charge is 0.444 e. The van der Waals surface area contributed by atoms with E-state index < -0.39 is 5.60 Å². The number of likely N-dealkylation sites (N-methyl/N-ethyl adjacent to an activating group) is 2. The Bertz CT molecular complexity index is 768. The minimum atomic E-state index is -0.482. The first-order chi connectivity index (χ1) is 16.5. The van der Waals surface area contributed by atoms with Gasteiger partial charge in [0.1, 0.15) is 5.60 Å². The molecule has 35 heavy (non-hydrogen) atoms. The third-order valence-corrected chi connectivity index (χ3v) is 8.41. The van der Waals surface area contributed by atoms with Crippen molar-refractivity contribution >= 4 is 34.5 Å². The maximum absolute atomic E-state index is 12.3. The standard InChI is InChI=1S/C25H46IN4O4P/c1-8-32-18-25(19-33-9-2)12-10-20(11-13-25)22-21(17-30(27-22)35-26)16-28(6)14-15-29(7)23(31)34-24(3,4)5/h17,20,35H,8-16,18-19H2,1-7H3. The summed E-state index contributed by atoms with van der Waals surface area (Å²) in [7, 11) is 3.90. The van der Waals surface area contributed by atoms with Crippen LogP contribution in [0, 0.1) is 5.41 Å². The van der Waals surface area contributed by atoms with Crippen LogP contribution < -0.4 is 0 Å². The second-order valence-corrected chi connectivity index (χ2v) is 12.8. The van der Waals surface area contributed by atoms with Crippen LogP contribution in [0.5, 0.6) is 0 Å². The molecule has 0 spiro atoms. The minimum absolute atomic E-state index is 0.124. The maximum atomic E-state index is 12.3. The molecule has 1 saturated carbocycles. The molecule has 1 aliphatic rings. The highest BCUT2D eigenvalue weighted by molar-refractivity contribution is 14.2. The molecule has 0 N–H and O–H groups in total. The first kappa shape index (κ1) is 30.7. The van der Waals surface area contributed by atoms with Crippen LogP contribution in [0.2, 0.25) is 0 Å². The average Bonchev–Trinajstić information content (AvgIpc) is 3.22. The smallest absolute Gasteiger partial charge is 0.410 e. The van der Waals surface area contributed by atoms with Gasteiger partial charge in [0.05, 0.1) is 25.3 Å². The fourth-order valence-electron chi connectivity index (χ4n) is 4.52. The molecule has 1 amide bonds. The van der Waals surface area contributed by atoms with Crippen LogP contribution in [0.15, 0.2) is 6.20 Å². The average molecular weight is 625 g/mol. The van der Waals surface area contributed by atoms with Gasteiger partial charge in [0.15, 0.2) is 0 Å². The van der Waals surface area contributed by atoms with Crippen molar-refractivity contribution in [2.75, 3.05) is 53.6 Å². The number of hydrogen-bond donors (Lipinski definition) is 0. The van der Waals surface area contributed by atoms with Crippen molar-refractivity contribution in [1.82, 2.24) is 19.4 Å².